The number of alkyl halides is 3. The second-order valence-corrected chi connectivity index (χ2v) is 7.72. The highest BCUT2D eigenvalue weighted by atomic mass is 32.2. The van der Waals surface area contributed by atoms with E-state index in [9.17, 15) is 27.5 Å². The molecule has 0 saturated carbocycles. The number of nitriles is 1. The van der Waals surface area contributed by atoms with Crippen LogP contribution in [-0.2, 0) is 11.0 Å². The average molecular weight is 414 g/mol. The largest absolute Gasteiger partial charge is 0.417 e. The van der Waals surface area contributed by atoms with E-state index in [1.807, 2.05) is 6.92 Å². The minimum absolute atomic E-state index is 0.0626. The van der Waals surface area contributed by atoms with Crippen LogP contribution < -0.4 is 5.32 Å². The number of benzene rings is 1. The van der Waals surface area contributed by atoms with Crippen LogP contribution in [0.5, 0.6) is 0 Å². The number of thioether (sulfide) groups is 1. The Morgan fingerprint density at radius 1 is 1.39 bits per heavy atom. The lowest BCUT2D eigenvalue weighted by Crippen LogP contribution is -2.42. The first kappa shape index (κ1) is 22.0. The minimum atomic E-state index is -4.75. The van der Waals surface area contributed by atoms with Gasteiger partial charge < -0.3 is 10.4 Å². The van der Waals surface area contributed by atoms with E-state index in [1.54, 1.807) is 6.08 Å². The maximum atomic E-state index is 13.2. The Labute approximate surface area is 163 Å². The van der Waals surface area contributed by atoms with Crippen molar-refractivity contribution in [3.05, 3.63) is 52.2 Å². The van der Waals surface area contributed by atoms with E-state index < -0.39 is 28.8 Å². The Kier molecular flexibility index (Phi) is 6.57. The van der Waals surface area contributed by atoms with Gasteiger partial charge in [-0.1, -0.05) is 6.92 Å². The molecule has 1 aliphatic carbocycles. The van der Waals surface area contributed by atoms with Crippen LogP contribution in [0, 0.1) is 17.2 Å². The molecule has 28 heavy (non-hydrogen) atoms. The molecule has 1 amide bonds. The SMILES string of the molecule is CC1CC(F)=CC=C1SCC(C)(O)C(=O)Nc1ccc(C#N)c(C(F)(F)F)c1. The fourth-order valence-electron chi connectivity index (χ4n) is 2.50. The number of aliphatic hydroxyl groups is 1. The van der Waals surface area contributed by atoms with Gasteiger partial charge in [0.1, 0.15) is 11.4 Å². The maximum absolute atomic E-state index is 13.2. The van der Waals surface area contributed by atoms with Gasteiger partial charge >= 0.3 is 6.18 Å². The number of nitrogens with zero attached hydrogens (tertiary/aromatic N) is 1. The van der Waals surface area contributed by atoms with Gasteiger partial charge in [0.25, 0.3) is 5.91 Å². The van der Waals surface area contributed by atoms with Gasteiger partial charge in [-0.3, -0.25) is 4.79 Å². The van der Waals surface area contributed by atoms with Crippen LogP contribution in [0.3, 0.4) is 0 Å². The zero-order chi connectivity index (χ0) is 21.1. The number of anilines is 1. The van der Waals surface area contributed by atoms with Gasteiger partial charge in [0.15, 0.2) is 0 Å². The number of hydrogen-bond acceptors (Lipinski definition) is 4. The summed E-state index contributed by atoms with van der Waals surface area (Å²) in [6.45, 7) is 3.06. The van der Waals surface area contributed by atoms with Crippen molar-refractivity contribution in [2.75, 3.05) is 11.1 Å². The summed E-state index contributed by atoms with van der Waals surface area (Å²) >= 11 is 1.18. The molecule has 0 saturated heterocycles. The fourth-order valence-corrected chi connectivity index (χ4v) is 3.61. The normalized spacial score (nSPS) is 19.1. The highest BCUT2D eigenvalue weighted by Crippen LogP contribution is 2.36. The Hall–Kier alpha value is -2.31. The molecule has 0 fully saturated rings. The number of carbonyl (C=O) groups excluding carboxylic acids is 1. The van der Waals surface area contributed by atoms with Crippen molar-refractivity contribution in [1.82, 2.24) is 0 Å². The van der Waals surface area contributed by atoms with Gasteiger partial charge in [0, 0.05) is 17.9 Å². The summed E-state index contributed by atoms with van der Waals surface area (Å²) in [4.78, 5) is 13.1. The van der Waals surface area contributed by atoms with Crippen LogP contribution in [0.4, 0.5) is 23.2 Å². The van der Waals surface area contributed by atoms with E-state index in [1.165, 1.54) is 30.8 Å². The van der Waals surface area contributed by atoms with Crippen molar-refractivity contribution in [1.29, 1.82) is 5.26 Å². The number of carbonyl (C=O) groups is 1. The second-order valence-electron chi connectivity index (χ2n) is 6.67. The summed E-state index contributed by atoms with van der Waals surface area (Å²) in [7, 11) is 0. The maximum Gasteiger partial charge on any atom is 0.417 e. The number of rotatable bonds is 5. The lowest BCUT2D eigenvalue weighted by molar-refractivity contribution is -0.137. The van der Waals surface area contributed by atoms with Crippen LogP contribution in [0.15, 0.2) is 41.1 Å². The standard InChI is InChI=1S/C19H18F4N2O2S/c1-11-7-13(20)4-6-16(11)28-10-18(2,27)17(26)25-14-5-3-12(9-24)15(8-14)19(21,22)23/h3-6,8,11,27H,7,10H2,1-2H3,(H,25,26). The van der Waals surface area contributed by atoms with Gasteiger partial charge in [0.2, 0.25) is 0 Å². The topological polar surface area (TPSA) is 73.1 Å². The molecule has 0 aliphatic heterocycles. The van der Waals surface area contributed by atoms with Crippen LogP contribution in [0.2, 0.25) is 0 Å². The van der Waals surface area contributed by atoms with E-state index in [4.69, 9.17) is 5.26 Å². The molecule has 0 radical (unpaired) electrons. The molecule has 2 unspecified atom stereocenters. The molecule has 4 nitrogen and oxygen atoms in total. The Balaban J connectivity index is 2.10. The smallest absolute Gasteiger partial charge is 0.379 e. The number of halogens is 4. The van der Waals surface area contributed by atoms with Gasteiger partial charge in [-0.2, -0.15) is 18.4 Å². The molecule has 0 heterocycles. The number of nitrogens with one attached hydrogen (secondary N) is 1. The zero-order valence-electron chi connectivity index (χ0n) is 15.1. The summed E-state index contributed by atoms with van der Waals surface area (Å²) in [5, 5.41) is 21.5. The molecule has 1 aromatic rings. The summed E-state index contributed by atoms with van der Waals surface area (Å²) in [5.41, 5.74) is -3.79. The summed E-state index contributed by atoms with van der Waals surface area (Å²) in [5.74, 6) is -1.29. The Morgan fingerprint density at radius 3 is 2.64 bits per heavy atom. The van der Waals surface area contributed by atoms with E-state index in [0.717, 1.165) is 17.0 Å². The van der Waals surface area contributed by atoms with Crippen molar-refractivity contribution in [2.24, 2.45) is 5.92 Å². The van der Waals surface area contributed by atoms with Crippen LogP contribution in [-0.4, -0.2) is 22.4 Å². The Bertz CT molecular complexity index is 870. The monoisotopic (exact) mass is 414 g/mol. The zero-order valence-corrected chi connectivity index (χ0v) is 15.9. The van der Waals surface area contributed by atoms with Crippen molar-refractivity contribution in [3.63, 3.8) is 0 Å². The lowest BCUT2D eigenvalue weighted by Gasteiger charge is -2.25. The van der Waals surface area contributed by atoms with E-state index in [2.05, 4.69) is 5.32 Å². The predicted octanol–water partition coefficient (Wildman–Crippen LogP) is 4.78. The highest BCUT2D eigenvalue weighted by molar-refractivity contribution is 8.03. The van der Waals surface area contributed by atoms with E-state index >= 15 is 0 Å². The van der Waals surface area contributed by atoms with Gasteiger partial charge in [-0.05, 0) is 48.1 Å². The molecule has 1 aliphatic rings. The fraction of sp³-hybridized carbons (Fsp3) is 0.368. The number of allylic oxidation sites excluding steroid dienone is 4. The van der Waals surface area contributed by atoms with Crippen LogP contribution in [0.1, 0.15) is 31.4 Å². The predicted molar refractivity (Wildman–Crippen MR) is 98.9 cm³/mol. The summed E-state index contributed by atoms with van der Waals surface area (Å²) in [6.07, 6.45) is -1.61. The van der Waals surface area contributed by atoms with Crippen LogP contribution >= 0.6 is 11.8 Å². The minimum Gasteiger partial charge on any atom is -0.379 e. The molecular weight excluding hydrogens is 396 g/mol. The van der Waals surface area contributed by atoms with Crippen molar-refractivity contribution < 1.29 is 27.5 Å². The van der Waals surface area contributed by atoms with Crippen molar-refractivity contribution >= 4 is 23.4 Å². The van der Waals surface area contributed by atoms with Gasteiger partial charge in [-0.15, -0.1) is 11.8 Å². The third-order valence-electron chi connectivity index (χ3n) is 4.13. The average Bonchev–Trinajstić information content (AvgIpc) is 2.60. The first-order valence-electron chi connectivity index (χ1n) is 8.28. The van der Waals surface area contributed by atoms with E-state index in [0.29, 0.717) is 6.07 Å². The lowest BCUT2D eigenvalue weighted by atomic mass is 10.0. The molecule has 9 heteroatoms. The third-order valence-corrected chi connectivity index (χ3v) is 5.71. The molecular formula is C19H18F4N2O2S. The van der Waals surface area contributed by atoms with Gasteiger partial charge in [0.05, 0.1) is 17.2 Å². The van der Waals surface area contributed by atoms with Crippen molar-refractivity contribution in [2.45, 2.75) is 32.0 Å². The number of amides is 1. The molecule has 0 spiro atoms. The molecule has 2 atom stereocenters. The summed E-state index contributed by atoms with van der Waals surface area (Å²) in [6, 6.07) is 4.22. The Morgan fingerprint density at radius 2 is 2.07 bits per heavy atom. The van der Waals surface area contributed by atoms with Crippen molar-refractivity contribution in [3.8, 4) is 6.07 Å². The molecule has 150 valence electrons. The highest BCUT2D eigenvalue weighted by Gasteiger charge is 2.35. The first-order chi connectivity index (χ1) is 12.9. The molecule has 2 N–H and O–H groups in total. The quantitative estimate of drug-likeness (QED) is 0.681. The second kappa shape index (κ2) is 8.37. The van der Waals surface area contributed by atoms with E-state index in [-0.39, 0.29) is 29.6 Å². The van der Waals surface area contributed by atoms with Gasteiger partial charge in [-0.25, -0.2) is 4.39 Å². The number of hydrogen-bond donors (Lipinski definition) is 2. The molecule has 0 bridgehead atoms. The third kappa shape index (κ3) is 5.36. The molecule has 0 aromatic heterocycles. The first-order valence-corrected chi connectivity index (χ1v) is 9.27. The molecule has 1 aromatic carbocycles. The molecule has 2 rings (SSSR count). The van der Waals surface area contributed by atoms with Crippen LogP contribution in [0.25, 0.3) is 0 Å². The summed E-state index contributed by atoms with van der Waals surface area (Å²) < 4.78 is 52.3.